The number of thiazole rings is 1. The summed E-state index contributed by atoms with van der Waals surface area (Å²) in [5.41, 5.74) is 3.04. The number of hydrogen-bond acceptors (Lipinski definition) is 5. The Morgan fingerprint density at radius 1 is 1.69 bits per heavy atom. The van der Waals surface area contributed by atoms with Crippen LogP contribution in [0.25, 0.3) is 0 Å². The van der Waals surface area contributed by atoms with Crippen LogP contribution in [-0.4, -0.2) is 49.3 Å². The van der Waals surface area contributed by atoms with Crippen molar-refractivity contribution in [1.29, 1.82) is 0 Å². The first-order valence-electron chi connectivity index (χ1n) is 5.65. The van der Waals surface area contributed by atoms with E-state index in [1.165, 1.54) is 4.88 Å². The third-order valence-corrected chi connectivity index (χ3v) is 3.78. The third kappa shape index (κ3) is 3.25. The van der Waals surface area contributed by atoms with Gasteiger partial charge in [0, 0.05) is 31.1 Å². The Hall–Kier alpha value is -0.490. The molecule has 1 N–H and O–H groups in total. The topological polar surface area (TPSA) is 37.4 Å². The smallest absolute Gasteiger partial charge is 0.0826 e. The number of nitrogens with zero attached hydrogens (tertiary/aromatic N) is 2. The lowest BCUT2D eigenvalue weighted by Gasteiger charge is -2.30. The Labute approximate surface area is 101 Å². The maximum absolute atomic E-state index is 5.68. The summed E-state index contributed by atoms with van der Waals surface area (Å²) in [6.45, 7) is 6.79. The van der Waals surface area contributed by atoms with E-state index in [1.54, 1.807) is 11.3 Å². The van der Waals surface area contributed by atoms with E-state index in [1.807, 2.05) is 5.51 Å². The van der Waals surface area contributed by atoms with Crippen LogP contribution in [0.3, 0.4) is 0 Å². The fourth-order valence-electron chi connectivity index (χ4n) is 1.83. The Kier molecular flexibility index (Phi) is 4.29. The number of ether oxygens (including phenoxy) is 1. The van der Waals surface area contributed by atoms with Crippen molar-refractivity contribution in [3.8, 4) is 0 Å². The molecule has 0 saturated carbocycles. The molecule has 4 nitrogen and oxygen atoms in total. The summed E-state index contributed by atoms with van der Waals surface area (Å²) in [6, 6.07) is 0. The van der Waals surface area contributed by atoms with E-state index in [0.29, 0.717) is 6.10 Å². The average Bonchev–Trinajstić information content (AvgIpc) is 2.65. The molecule has 1 aromatic heterocycles. The van der Waals surface area contributed by atoms with E-state index in [0.717, 1.165) is 38.5 Å². The molecular formula is C11H19N3OS. The maximum Gasteiger partial charge on any atom is 0.0826 e. The largest absolute Gasteiger partial charge is 0.374 e. The van der Waals surface area contributed by atoms with Crippen molar-refractivity contribution in [2.24, 2.45) is 0 Å². The molecule has 0 aromatic carbocycles. The first kappa shape index (κ1) is 12.0. The van der Waals surface area contributed by atoms with Crippen LogP contribution in [0.15, 0.2) is 5.51 Å². The quantitative estimate of drug-likeness (QED) is 0.849. The van der Waals surface area contributed by atoms with Gasteiger partial charge in [0.25, 0.3) is 0 Å². The van der Waals surface area contributed by atoms with E-state index in [-0.39, 0.29) is 0 Å². The van der Waals surface area contributed by atoms with Crippen molar-refractivity contribution < 1.29 is 4.74 Å². The van der Waals surface area contributed by atoms with Crippen molar-refractivity contribution in [2.75, 3.05) is 33.3 Å². The molecule has 1 aromatic rings. The van der Waals surface area contributed by atoms with Gasteiger partial charge in [0.2, 0.25) is 0 Å². The summed E-state index contributed by atoms with van der Waals surface area (Å²) < 4.78 is 5.68. The van der Waals surface area contributed by atoms with Crippen LogP contribution in [0.4, 0.5) is 0 Å². The van der Waals surface area contributed by atoms with Crippen LogP contribution in [0.2, 0.25) is 0 Å². The third-order valence-electron chi connectivity index (χ3n) is 2.84. The molecule has 5 heteroatoms. The standard InChI is InChI=1S/C11H19N3OS/c1-9-11(16-8-13-9)6-12-5-10-7-14(2)3-4-15-10/h8,10,12H,3-7H2,1-2H3. The molecule has 1 atom stereocenters. The van der Waals surface area contributed by atoms with Gasteiger partial charge >= 0.3 is 0 Å². The Morgan fingerprint density at radius 2 is 2.56 bits per heavy atom. The van der Waals surface area contributed by atoms with Crippen molar-refractivity contribution in [2.45, 2.75) is 19.6 Å². The van der Waals surface area contributed by atoms with Crippen LogP contribution in [0.1, 0.15) is 10.6 Å². The molecule has 1 unspecified atom stereocenters. The summed E-state index contributed by atoms with van der Waals surface area (Å²) in [4.78, 5) is 7.87. The van der Waals surface area contributed by atoms with E-state index in [4.69, 9.17) is 4.74 Å². The lowest BCUT2D eigenvalue weighted by molar-refractivity contribution is -0.0182. The zero-order chi connectivity index (χ0) is 11.4. The second kappa shape index (κ2) is 5.72. The van der Waals surface area contributed by atoms with Crippen LogP contribution in [-0.2, 0) is 11.3 Å². The second-order valence-electron chi connectivity index (χ2n) is 4.25. The monoisotopic (exact) mass is 241 g/mol. The zero-order valence-corrected chi connectivity index (χ0v) is 10.7. The first-order chi connectivity index (χ1) is 7.75. The van der Waals surface area contributed by atoms with Gasteiger partial charge in [-0.3, -0.25) is 0 Å². The molecule has 1 aliphatic rings. The highest BCUT2D eigenvalue weighted by Gasteiger charge is 2.16. The van der Waals surface area contributed by atoms with Gasteiger partial charge in [0.1, 0.15) is 0 Å². The molecule has 0 spiro atoms. The molecule has 1 saturated heterocycles. The van der Waals surface area contributed by atoms with Gasteiger partial charge in [-0.1, -0.05) is 0 Å². The molecule has 0 amide bonds. The lowest BCUT2D eigenvalue weighted by Crippen LogP contribution is -2.44. The highest BCUT2D eigenvalue weighted by atomic mass is 32.1. The van der Waals surface area contributed by atoms with Gasteiger partial charge in [0.15, 0.2) is 0 Å². The van der Waals surface area contributed by atoms with Crippen LogP contribution >= 0.6 is 11.3 Å². The van der Waals surface area contributed by atoms with Gasteiger partial charge in [-0.25, -0.2) is 4.98 Å². The summed E-state index contributed by atoms with van der Waals surface area (Å²) in [5, 5.41) is 3.44. The van der Waals surface area contributed by atoms with E-state index < -0.39 is 0 Å². The highest BCUT2D eigenvalue weighted by molar-refractivity contribution is 7.09. The number of morpholine rings is 1. The van der Waals surface area contributed by atoms with Crippen LogP contribution < -0.4 is 5.32 Å². The normalized spacial score (nSPS) is 22.5. The summed E-state index contributed by atoms with van der Waals surface area (Å²) >= 11 is 1.71. The van der Waals surface area contributed by atoms with Gasteiger partial charge in [-0.05, 0) is 14.0 Å². The van der Waals surface area contributed by atoms with Crippen molar-refractivity contribution in [3.05, 3.63) is 16.1 Å². The maximum atomic E-state index is 5.68. The Bertz CT molecular complexity index is 329. The number of rotatable bonds is 4. The molecule has 0 radical (unpaired) electrons. The molecule has 90 valence electrons. The molecule has 0 aliphatic carbocycles. The average molecular weight is 241 g/mol. The number of nitrogens with one attached hydrogen (secondary N) is 1. The SMILES string of the molecule is Cc1ncsc1CNCC1CN(C)CCO1. The highest BCUT2D eigenvalue weighted by Crippen LogP contribution is 2.11. The predicted molar refractivity (Wildman–Crippen MR) is 65.8 cm³/mol. The van der Waals surface area contributed by atoms with Gasteiger partial charge < -0.3 is 15.0 Å². The number of aryl methyl sites for hydroxylation is 1. The minimum absolute atomic E-state index is 0.326. The summed E-state index contributed by atoms with van der Waals surface area (Å²) in [5.74, 6) is 0. The minimum Gasteiger partial charge on any atom is -0.374 e. The molecule has 16 heavy (non-hydrogen) atoms. The molecule has 1 fully saturated rings. The number of hydrogen-bond donors (Lipinski definition) is 1. The number of likely N-dealkylation sites (N-methyl/N-ethyl adjacent to an activating group) is 1. The van der Waals surface area contributed by atoms with E-state index >= 15 is 0 Å². The second-order valence-corrected chi connectivity index (χ2v) is 5.19. The fraction of sp³-hybridized carbons (Fsp3) is 0.727. The van der Waals surface area contributed by atoms with Gasteiger partial charge in [0.05, 0.1) is 23.9 Å². The van der Waals surface area contributed by atoms with Crippen molar-refractivity contribution in [3.63, 3.8) is 0 Å². The molecule has 2 heterocycles. The van der Waals surface area contributed by atoms with E-state index in [2.05, 4.69) is 29.2 Å². The van der Waals surface area contributed by atoms with Crippen LogP contribution in [0, 0.1) is 6.92 Å². The fourth-order valence-corrected chi connectivity index (χ4v) is 2.58. The van der Waals surface area contributed by atoms with Crippen molar-refractivity contribution >= 4 is 11.3 Å². The Morgan fingerprint density at radius 3 is 3.25 bits per heavy atom. The molecular weight excluding hydrogens is 222 g/mol. The van der Waals surface area contributed by atoms with Gasteiger partial charge in [-0.2, -0.15) is 0 Å². The summed E-state index contributed by atoms with van der Waals surface area (Å²) in [7, 11) is 2.14. The molecule has 2 rings (SSSR count). The summed E-state index contributed by atoms with van der Waals surface area (Å²) in [6.07, 6.45) is 0.326. The minimum atomic E-state index is 0.326. The van der Waals surface area contributed by atoms with Crippen LogP contribution in [0.5, 0.6) is 0 Å². The van der Waals surface area contributed by atoms with Gasteiger partial charge in [-0.15, -0.1) is 11.3 Å². The predicted octanol–water partition coefficient (Wildman–Crippen LogP) is 0.872. The number of aromatic nitrogens is 1. The molecule has 1 aliphatic heterocycles. The van der Waals surface area contributed by atoms with E-state index in [9.17, 15) is 0 Å². The molecule has 0 bridgehead atoms. The lowest BCUT2D eigenvalue weighted by atomic mass is 10.3. The first-order valence-corrected chi connectivity index (χ1v) is 6.53. The zero-order valence-electron chi connectivity index (χ0n) is 9.90. The van der Waals surface area contributed by atoms with Crippen molar-refractivity contribution in [1.82, 2.24) is 15.2 Å². The Balaban J connectivity index is 1.70.